The van der Waals surface area contributed by atoms with Gasteiger partial charge in [0.25, 0.3) is 0 Å². The summed E-state index contributed by atoms with van der Waals surface area (Å²) >= 11 is 3.19. The van der Waals surface area contributed by atoms with Crippen molar-refractivity contribution in [2.45, 2.75) is 5.92 Å². The molecule has 0 saturated heterocycles. The zero-order valence-corrected chi connectivity index (χ0v) is 10.2. The molecular formula is C10H12BrNO4. The molecule has 0 saturated carbocycles. The molecule has 0 fully saturated rings. The fraction of sp³-hybridized carbons (Fsp3) is 0.300. The zero-order valence-electron chi connectivity index (χ0n) is 8.61. The molecule has 0 aromatic heterocycles. The first-order valence-electron chi connectivity index (χ1n) is 4.51. The molecule has 0 aliphatic heterocycles. The van der Waals surface area contributed by atoms with Crippen LogP contribution in [0.2, 0.25) is 0 Å². The number of methoxy groups -OCH3 is 1. The van der Waals surface area contributed by atoms with Gasteiger partial charge in [0.1, 0.15) is 0 Å². The molecule has 88 valence electrons. The molecular weight excluding hydrogens is 278 g/mol. The van der Waals surface area contributed by atoms with Crippen molar-refractivity contribution in [3.63, 3.8) is 0 Å². The number of phenolic OH excluding ortho intramolecular Hbond substituents is 1. The number of rotatable bonds is 4. The van der Waals surface area contributed by atoms with E-state index in [1.54, 1.807) is 12.1 Å². The number of benzene rings is 1. The Labute approximate surface area is 101 Å². The quantitative estimate of drug-likeness (QED) is 0.777. The normalized spacial score (nSPS) is 12.2. The van der Waals surface area contributed by atoms with Crippen molar-refractivity contribution in [3.05, 3.63) is 22.2 Å². The van der Waals surface area contributed by atoms with Crippen molar-refractivity contribution < 1.29 is 19.7 Å². The van der Waals surface area contributed by atoms with Crippen LogP contribution < -0.4 is 10.5 Å². The summed E-state index contributed by atoms with van der Waals surface area (Å²) < 4.78 is 5.40. The van der Waals surface area contributed by atoms with Crippen LogP contribution in [-0.4, -0.2) is 29.8 Å². The number of hydrogen-bond donors (Lipinski definition) is 3. The number of aromatic hydroxyl groups is 1. The maximum Gasteiger partial charge on any atom is 0.312 e. The molecule has 1 aromatic rings. The van der Waals surface area contributed by atoms with E-state index in [0.29, 0.717) is 4.47 Å². The molecule has 16 heavy (non-hydrogen) atoms. The summed E-state index contributed by atoms with van der Waals surface area (Å²) in [6, 6.07) is 3.15. The molecule has 1 aromatic carbocycles. The Morgan fingerprint density at radius 3 is 2.69 bits per heavy atom. The van der Waals surface area contributed by atoms with Gasteiger partial charge in [-0.05, 0) is 12.1 Å². The van der Waals surface area contributed by atoms with Crippen LogP contribution in [0.5, 0.6) is 11.5 Å². The zero-order chi connectivity index (χ0) is 12.3. The summed E-state index contributed by atoms with van der Waals surface area (Å²) in [6.45, 7) is -0.103. The number of carboxylic acid groups (broad SMARTS) is 1. The highest BCUT2D eigenvalue weighted by atomic mass is 79.9. The summed E-state index contributed by atoms with van der Waals surface area (Å²) in [6.07, 6.45) is 0. The van der Waals surface area contributed by atoms with Gasteiger partial charge in [0.2, 0.25) is 0 Å². The number of ether oxygens (including phenoxy) is 1. The molecule has 1 unspecified atom stereocenters. The maximum atomic E-state index is 11.0. The van der Waals surface area contributed by atoms with Crippen LogP contribution >= 0.6 is 15.9 Å². The van der Waals surface area contributed by atoms with Crippen molar-refractivity contribution in [2.75, 3.05) is 13.7 Å². The molecule has 0 aliphatic carbocycles. The summed E-state index contributed by atoms with van der Waals surface area (Å²) in [5.74, 6) is -2.04. The second kappa shape index (κ2) is 5.18. The largest absolute Gasteiger partial charge is 0.504 e. The number of nitrogens with two attached hydrogens (primary N) is 1. The standard InChI is InChI=1S/C10H12BrNO4/c1-16-7-3-2-6(11)8(9(7)13)5(4-12)10(14)15/h2-3,5,13H,4,12H2,1H3,(H,14,15). The van der Waals surface area contributed by atoms with E-state index in [4.69, 9.17) is 15.6 Å². The molecule has 0 bridgehead atoms. The van der Waals surface area contributed by atoms with Crippen molar-refractivity contribution in [2.24, 2.45) is 5.73 Å². The number of phenols is 1. The van der Waals surface area contributed by atoms with Crippen LogP contribution in [0.4, 0.5) is 0 Å². The Hall–Kier alpha value is -1.27. The van der Waals surface area contributed by atoms with Crippen LogP contribution in [0.1, 0.15) is 11.5 Å². The Balaban J connectivity index is 3.35. The van der Waals surface area contributed by atoms with Gasteiger partial charge >= 0.3 is 5.97 Å². The number of aliphatic carboxylic acids is 1. The van der Waals surface area contributed by atoms with Crippen molar-refractivity contribution in [1.82, 2.24) is 0 Å². The monoisotopic (exact) mass is 289 g/mol. The van der Waals surface area contributed by atoms with E-state index in [1.165, 1.54) is 7.11 Å². The molecule has 5 nitrogen and oxygen atoms in total. The lowest BCUT2D eigenvalue weighted by atomic mass is 9.98. The van der Waals surface area contributed by atoms with Crippen molar-refractivity contribution >= 4 is 21.9 Å². The third-order valence-electron chi connectivity index (χ3n) is 2.23. The lowest BCUT2D eigenvalue weighted by Crippen LogP contribution is -2.21. The van der Waals surface area contributed by atoms with Gasteiger partial charge < -0.3 is 20.7 Å². The molecule has 0 radical (unpaired) electrons. The van der Waals surface area contributed by atoms with E-state index in [1.807, 2.05) is 0 Å². The van der Waals surface area contributed by atoms with Gasteiger partial charge in [-0.15, -0.1) is 0 Å². The second-order valence-electron chi connectivity index (χ2n) is 3.14. The SMILES string of the molecule is COc1ccc(Br)c(C(CN)C(=O)O)c1O. The van der Waals surface area contributed by atoms with E-state index in [-0.39, 0.29) is 23.6 Å². The fourth-order valence-corrected chi connectivity index (χ4v) is 2.00. The van der Waals surface area contributed by atoms with Crippen LogP contribution in [0, 0.1) is 0 Å². The second-order valence-corrected chi connectivity index (χ2v) is 3.99. The van der Waals surface area contributed by atoms with E-state index < -0.39 is 11.9 Å². The molecule has 1 rings (SSSR count). The average molecular weight is 290 g/mol. The predicted molar refractivity (Wildman–Crippen MR) is 61.8 cm³/mol. The highest BCUT2D eigenvalue weighted by Crippen LogP contribution is 2.39. The lowest BCUT2D eigenvalue weighted by molar-refractivity contribution is -0.138. The van der Waals surface area contributed by atoms with Gasteiger partial charge in [0.15, 0.2) is 11.5 Å². The van der Waals surface area contributed by atoms with Gasteiger partial charge in [-0.2, -0.15) is 0 Å². The minimum absolute atomic E-state index is 0.103. The summed E-state index contributed by atoms with van der Waals surface area (Å²) in [5.41, 5.74) is 5.61. The molecule has 0 heterocycles. The Morgan fingerprint density at radius 1 is 1.62 bits per heavy atom. The molecule has 1 atom stereocenters. The Kier molecular flexibility index (Phi) is 4.14. The van der Waals surface area contributed by atoms with Gasteiger partial charge in [0.05, 0.1) is 13.0 Å². The molecule has 4 N–H and O–H groups in total. The van der Waals surface area contributed by atoms with Crippen LogP contribution in [0.25, 0.3) is 0 Å². The van der Waals surface area contributed by atoms with E-state index >= 15 is 0 Å². The third-order valence-corrected chi connectivity index (χ3v) is 2.92. The highest BCUT2D eigenvalue weighted by Gasteiger charge is 2.25. The third kappa shape index (κ3) is 2.28. The minimum Gasteiger partial charge on any atom is -0.504 e. The maximum absolute atomic E-state index is 11.0. The van der Waals surface area contributed by atoms with Crippen molar-refractivity contribution in [1.29, 1.82) is 0 Å². The molecule has 0 amide bonds. The van der Waals surface area contributed by atoms with Gasteiger partial charge in [0, 0.05) is 16.6 Å². The first-order valence-corrected chi connectivity index (χ1v) is 5.30. The van der Waals surface area contributed by atoms with Crippen LogP contribution in [0.3, 0.4) is 0 Å². The van der Waals surface area contributed by atoms with Gasteiger partial charge in [-0.25, -0.2) is 0 Å². The van der Waals surface area contributed by atoms with Gasteiger partial charge in [-0.3, -0.25) is 4.79 Å². The summed E-state index contributed by atoms with van der Waals surface area (Å²) in [7, 11) is 1.39. The number of carboxylic acids is 1. The molecule has 0 spiro atoms. The van der Waals surface area contributed by atoms with Gasteiger partial charge in [-0.1, -0.05) is 15.9 Å². The minimum atomic E-state index is -1.09. The smallest absolute Gasteiger partial charge is 0.312 e. The van der Waals surface area contributed by atoms with Crippen LogP contribution in [-0.2, 0) is 4.79 Å². The fourth-order valence-electron chi connectivity index (χ4n) is 1.40. The molecule has 0 aliphatic rings. The molecule has 6 heteroatoms. The predicted octanol–water partition coefficient (Wildman–Crippen LogP) is 1.29. The number of hydrogen-bond acceptors (Lipinski definition) is 4. The Bertz CT molecular complexity index is 408. The topological polar surface area (TPSA) is 92.8 Å². The highest BCUT2D eigenvalue weighted by molar-refractivity contribution is 9.10. The first-order chi connectivity index (χ1) is 7.52. The van der Waals surface area contributed by atoms with E-state index in [0.717, 1.165) is 0 Å². The number of carbonyl (C=O) groups is 1. The van der Waals surface area contributed by atoms with E-state index in [9.17, 15) is 9.90 Å². The summed E-state index contributed by atoms with van der Waals surface area (Å²) in [4.78, 5) is 11.0. The average Bonchev–Trinajstić information content (AvgIpc) is 2.23. The van der Waals surface area contributed by atoms with Crippen LogP contribution in [0.15, 0.2) is 16.6 Å². The number of halogens is 1. The van der Waals surface area contributed by atoms with E-state index in [2.05, 4.69) is 15.9 Å². The summed E-state index contributed by atoms with van der Waals surface area (Å²) in [5, 5.41) is 18.8. The lowest BCUT2D eigenvalue weighted by Gasteiger charge is -2.15. The van der Waals surface area contributed by atoms with Crippen molar-refractivity contribution in [3.8, 4) is 11.5 Å². The Morgan fingerprint density at radius 2 is 2.25 bits per heavy atom. The first kappa shape index (κ1) is 12.8.